The van der Waals surface area contributed by atoms with Gasteiger partial charge in [-0.15, -0.1) is 0 Å². The van der Waals surface area contributed by atoms with Crippen LogP contribution in [0.25, 0.3) is 0 Å². The fourth-order valence-corrected chi connectivity index (χ4v) is 1.72. The molecule has 0 bridgehead atoms. The quantitative estimate of drug-likeness (QED) is 0.856. The zero-order chi connectivity index (χ0) is 13.8. The average Bonchev–Trinajstić information content (AvgIpc) is 2.38. The van der Waals surface area contributed by atoms with Gasteiger partial charge in [0.15, 0.2) is 0 Å². The number of nitrogens with one attached hydrogen (secondary N) is 1. The van der Waals surface area contributed by atoms with E-state index in [2.05, 4.69) is 31.3 Å². The summed E-state index contributed by atoms with van der Waals surface area (Å²) < 4.78 is 5.40. The molecule has 1 unspecified atom stereocenters. The van der Waals surface area contributed by atoms with Crippen LogP contribution in [0.1, 0.15) is 45.6 Å². The molecule has 1 aromatic carbocycles. The Hall–Kier alpha value is -1.69. The fraction of sp³-hybridized carbons (Fsp3) is 0.533. The van der Waals surface area contributed by atoms with E-state index < -0.39 is 5.54 Å². The molecule has 0 aromatic heterocycles. The van der Waals surface area contributed by atoms with E-state index in [1.165, 1.54) is 5.56 Å². The molecule has 18 heavy (non-hydrogen) atoms. The largest absolute Gasteiger partial charge is 0.495 e. The zero-order valence-electron chi connectivity index (χ0n) is 11.9. The number of methoxy groups -OCH3 is 1. The van der Waals surface area contributed by atoms with Crippen molar-refractivity contribution in [2.24, 2.45) is 0 Å². The number of nitrogens with zero attached hydrogens (tertiary/aromatic N) is 1. The second-order valence-electron chi connectivity index (χ2n) is 5.13. The molecular formula is C15H22N2O. The molecule has 0 aliphatic carbocycles. The number of benzene rings is 1. The third kappa shape index (κ3) is 3.40. The van der Waals surface area contributed by atoms with Crippen LogP contribution in [-0.4, -0.2) is 12.6 Å². The van der Waals surface area contributed by atoms with Crippen LogP contribution in [0.4, 0.5) is 5.69 Å². The van der Waals surface area contributed by atoms with Gasteiger partial charge in [0.25, 0.3) is 0 Å². The van der Waals surface area contributed by atoms with E-state index >= 15 is 0 Å². The molecule has 0 aliphatic rings. The van der Waals surface area contributed by atoms with Crippen molar-refractivity contribution in [2.75, 3.05) is 12.4 Å². The van der Waals surface area contributed by atoms with Gasteiger partial charge in [0.1, 0.15) is 11.3 Å². The van der Waals surface area contributed by atoms with Crippen LogP contribution >= 0.6 is 0 Å². The lowest BCUT2D eigenvalue weighted by Gasteiger charge is -2.22. The Labute approximate surface area is 110 Å². The molecule has 0 heterocycles. The van der Waals surface area contributed by atoms with Crippen molar-refractivity contribution >= 4 is 5.69 Å². The summed E-state index contributed by atoms with van der Waals surface area (Å²) >= 11 is 0. The summed E-state index contributed by atoms with van der Waals surface area (Å²) in [5.41, 5.74) is 1.51. The monoisotopic (exact) mass is 246 g/mol. The van der Waals surface area contributed by atoms with Gasteiger partial charge in [-0.2, -0.15) is 5.26 Å². The second-order valence-corrected chi connectivity index (χ2v) is 5.13. The number of hydrogen-bond donors (Lipinski definition) is 1. The number of nitriles is 1. The van der Waals surface area contributed by atoms with Crippen LogP contribution in [0.5, 0.6) is 5.75 Å². The Morgan fingerprint density at radius 2 is 2.11 bits per heavy atom. The molecule has 3 nitrogen and oxygen atoms in total. The normalized spacial score (nSPS) is 12.7. The van der Waals surface area contributed by atoms with E-state index in [0.717, 1.165) is 17.9 Å². The van der Waals surface area contributed by atoms with E-state index in [9.17, 15) is 0 Å². The minimum atomic E-state index is -0.606. The van der Waals surface area contributed by atoms with Crippen molar-refractivity contribution in [3.63, 3.8) is 0 Å². The minimum absolute atomic E-state index is 0.511. The summed E-state index contributed by atoms with van der Waals surface area (Å²) in [5, 5.41) is 12.2. The topological polar surface area (TPSA) is 45.0 Å². The average molecular weight is 246 g/mol. The Bertz CT molecular complexity index is 446. The molecule has 0 spiro atoms. The lowest BCUT2D eigenvalue weighted by Crippen LogP contribution is -2.28. The lowest BCUT2D eigenvalue weighted by molar-refractivity contribution is 0.414. The van der Waals surface area contributed by atoms with Gasteiger partial charge >= 0.3 is 0 Å². The molecule has 0 saturated heterocycles. The third-order valence-electron chi connectivity index (χ3n) is 3.13. The zero-order valence-corrected chi connectivity index (χ0v) is 11.9. The predicted octanol–water partition coefficient (Wildman–Crippen LogP) is 3.92. The molecule has 1 aromatic rings. The van der Waals surface area contributed by atoms with Gasteiger partial charge in [-0.25, -0.2) is 0 Å². The van der Waals surface area contributed by atoms with Crippen molar-refractivity contribution in [2.45, 2.75) is 45.6 Å². The summed E-state index contributed by atoms with van der Waals surface area (Å²) in [6.45, 7) is 8.05. The molecule has 0 amide bonds. The molecule has 1 atom stereocenters. The summed E-state index contributed by atoms with van der Waals surface area (Å²) in [4.78, 5) is 0. The van der Waals surface area contributed by atoms with Crippen LogP contribution in [0.3, 0.4) is 0 Å². The summed E-state index contributed by atoms with van der Waals surface area (Å²) in [7, 11) is 1.65. The summed E-state index contributed by atoms with van der Waals surface area (Å²) in [6, 6.07) is 8.34. The summed E-state index contributed by atoms with van der Waals surface area (Å²) in [5.74, 6) is 1.30. The standard InChI is InChI=1S/C15H22N2O/c1-6-11(2)12-7-8-13(14(9-12)18-5)17-15(3,4)10-16/h7-9,11,17H,6H2,1-5H3. The van der Waals surface area contributed by atoms with E-state index in [0.29, 0.717) is 5.92 Å². The SMILES string of the molecule is CCC(C)c1ccc(NC(C)(C)C#N)c(OC)c1. The molecule has 1 rings (SSSR count). The number of ether oxygens (including phenoxy) is 1. The molecular weight excluding hydrogens is 224 g/mol. The Kier molecular flexibility index (Phi) is 4.61. The van der Waals surface area contributed by atoms with Crippen LogP contribution < -0.4 is 10.1 Å². The van der Waals surface area contributed by atoms with Gasteiger partial charge in [0.05, 0.1) is 18.9 Å². The van der Waals surface area contributed by atoms with Gasteiger partial charge in [0.2, 0.25) is 0 Å². The lowest BCUT2D eigenvalue weighted by atomic mass is 9.97. The van der Waals surface area contributed by atoms with E-state index in [1.807, 2.05) is 26.0 Å². The smallest absolute Gasteiger partial charge is 0.142 e. The minimum Gasteiger partial charge on any atom is -0.495 e. The molecule has 0 radical (unpaired) electrons. The highest BCUT2D eigenvalue weighted by molar-refractivity contribution is 5.60. The highest BCUT2D eigenvalue weighted by atomic mass is 16.5. The van der Waals surface area contributed by atoms with Crippen molar-refractivity contribution in [1.29, 1.82) is 5.26 Å². The van der Waals surface area contributed by atoms with E-state index in [1.54, 1.807) is 7.11 Å². The summed E-state index contributed by atoms with van der Waals surface area (Å²) in [6.07, 6.45) is 1.10. The van der Waals surface area contributed by atoms with Crippen LogP contribution in [0.15, 0.2) is 18.2 Å². The first-order chi connectivity index (χ1) is 8.43. The Morgan fingerprint density at radius 1 is 1.44 bits per heavy atom. The van der Waals surface area contributed by atoms with Crippen LogP contribution in [0, 0.1) is 11.3 Å². The molecule has 0 saturated carbocycles. The van der Waals surface area contributed by atoms with E-state index in [4.69, 9.17) is 10.00 Å². The van der Waals surface area contributed by atoms with Crippen molar-refractivity contribution in [1.82, 2.24) is 0 Å². The Morgan fingerprint density at radius 3 is 2.61 bits per heavy atom. The molecule has 0 fully saturated rings. The van der Waals surface area contributed by atoms with Gasteiger partial charge in [-0.05, 0) is 43.9 Å². The second kappa shape index (κ2) is 5.77. The maximum absolute atomic E-state index is 9.05. The highest BCUT2D eigenvalue weighted by Gasteiger charge is 2.18. The number of hydrogen-bond acceptors (Lipinski definition) is 3. The van der Waals surface area contributed by atoms with Crippen LogP contribution in [0.2, 0.25) is 0 Å². The number of rotatable bonds is 5. The molecule has 98 valence electrons. The predicted molar refractivity (Wildman–Crippen MR) is 75.0 cm³/mol. The van der Waals surface area contributed by atoms with Gasteiger partial charge < -0.3 is 10.1 Å². The van der Waals surface area contributed by atoms with Crippen molar-refractivity contribution < 1.29 is 4.74 Å². The highest BCUT2D eigenvalue weighted by Crippen LogP contribution is 2.31. The van der Waals surface area contributed by atoms with Crippen molar-refractivity contribution in [3.8, 4) is 11.8 Å². The first-order valence-electron chi connectivity index (χ1n) is 6.31. The maximum atomic E-state index is 9.05. The third-order valence-corrected chi connectivity index (χ3v) is 3.13. The molecule has 0 aliphatic heterocycles. The molecule has 1 N–H and O–H groups in total. The molecule has 3 heteroatoms. The fourth-order valence-electron chi connectivity index (χ4n) is 1.72. The number of anilines is 1. The van der Waals surface area contributed by atoms with Crippen LogP contribution in [-0.2, 0) is 0 Å². The van der Waals surface area contributed by atoms with Gasteiger partial charge in [-0.1, -0.05) is 19.9 Å². The first kappa shape index (κ1) is 14.4. The Balaban J connectivity index is 3.05. The maximum Gasteiger partial charge on any atom is 0.142 e. The van der Waals surface area contributed by atoms with Crippen molar-refractivity contribution in [3.05, 3.63) is 23.8 Å². The first-order valence-corrected chi connectivity index (χ1v) is 6.31. The van der Waals surface area contributed by atoms with Gasteiger partial charge in [-0.3, -0.25) is 0 Å². The van der Waals surface area contributed by atoms with E-state index in [-0.39, 0.29) is 0 Å². The van der Waals surface area contributed by atoms with Gasteiger partial charge in [0, 0.05) is 0 Å².